The molecule has 7 aromatic carbocycles. The second-order valence-corrected chi connectivity index (χ2v) is 25.6. The van der Waals surface area contributed by atoms with Gasteiger partial charge in [0, 0.05) is 130 Å². The molecule has 16 rings (SSSR count). The SMILES string of the molecule is Cc1ccc(F)c(C(=O)N2Cc3ccn(C)c3Cc3ccccc32)c1.Cc1ccc(F)c(C(=O)N2Cc3ccn(C)c3Cc3ccccc32)c1.Cn1ccc2c1Cc1ccccc1N(C(=O)c1cccnc1F)C2.Cn1ncc2c1Cc1ccccc1N(C(=O)c1ccccc1OCCF)C2. The number of para-hydroxylation sites is 5. The van der Waals surface area contributed by atoms with Crippen molar-refractivity contribution in [3.05, 3.63) is 337 Å². The van der Waals surface area contributed by atoms with Crippen LogP contribution in [0.1, 0.15) is 120 Å². The van der Waals surface area contributed by atoms with Gasteiger partial charge in [-0.05, 0) is 144 Å². The van der Waals surface area contributed by atoms with E-state index in [2.05, 4.69) is 23.8 Å². The number of benzene rings is 7. The van der Waals surface area contributed by atoms with Gasteiger partial charge in [0.1, 0.15) is 30.7 Å². The predicted octanol–water partition coefficient (Wildman–Crippen LogP) is 15.3. The minimum Gasteiger partial charge on any atom is -0.490 e. The van der Waals surface area contributed by atoms with Crippen LogP contribution in [-0.2, 0) is 80.1 Å². The molecule has 0 saturated heterocycles. The Bertz CT molecular complexity index is 4970. The van der Waals surface area contributed by atoms with Gasteiger partial charge in [-0.3, -0.25) is 23.9 Å². The molecule has 0 saturated carbocycles. The molecule has 0 atom stereocenters. The van der Waals surface area contributed by atoms with Gasteiger partial charge >= 0.3 is 0 Å². The molecule has 0 unspecified atom stereocenters. The lowest BCUT2D eigenvalue weighted by atomic mass is 10.1. The van der Waals surface area contributed by atoms with Gasteiger partial charge in [-0.15, -0.1) is 0 Å². The summed E-state index contributed by atoms with van der Waals surface area (Å²) >= 11 is 0. The van der Waals surface area contributed by atoms with Crippen LogP contribution in [0.25, 0.3) is 0 Å². The third kappa shape index (κ3) is 14.0. The van der Waals surface area contributed by atoms with Crippen molar-refractivity contribution in [2.24, 2.45) is 28.2 Å². The van der Waals surface area contributed by atoms with Crippen molar-refractivity contribution in [2.75, 3.05) is 32.9 Å². The number of ether oxygens (including phenoxy) is 1. The van der Waals surface area contributed by atoms with Crippen molar-refractivity contribution < 1.29 is 41.5 Å². The van der Waals surface area contributed by atoms with Gasteiger partial charge in [-0.1, -0.05) is 108 Å². The highest BCUT2D eigenvalue weighted by atomic mass is 19.1. The topological polar surface area (TPSA) is 136 Å². The molecule has 19 heteroatoms. The number of amides is 4. The first-order valence-corrected chi connectivity index (χ1v) is 33.3. The van der Waals surface area contributed by atoms with E-state index in [1.54, 1.807) is 74.2 Å². The number of nitrogens with zero attached hydrogens (tertiary/aromatic N) is 10. The molecule has 12 aromatic rings. The number of rotatable bonds is 7. The number of carbonyl (C=O) groups excluding carboxylic acids is 4. The van der Waals surface area contributed by atoms with Crippen LogP contribution < -0.4 is 24.3 Å². The first kappa shape index (κ1) is 67.7. The second-order valence-electron chi connectivity index (χ2n) is 25.6. The van der Waals surface area contributed by atoms with E-state index in [9.17, 15) is 36.7 Å². The number of carbonyl (C=O) groups is 4. The van der Waals surface area contributed by atoms with Gasteiger partial charge in [0.15, 0.2) is 0 Å². The molecule has 5 aromatic heterocycles. The van der Waals surface area contributed by atoms with Gasteiger partial charge in [0.2, 0.25) is 5.95 Å². The van der Waals surface area contributed by atoms with E-state index in [4.69, 9.17) is 4.74 Å². The molecule has 4 aliphatic heterocycles. The molecule has 0 fully saturated rings. The van der Waals surface area contributed by atoms with E-state index < -0.39 is 24.3 Å². The minimum atomic E-state index is -0.738. The fourth-order valence-corrected chi connectivity index (χ4v) is 13.7. The highest BCUT2D eigenvalue weighted by Crippen LogP contribution is 2.38. The molecule has 15 nitrogen and oxygen atoms in total. The number of anilines is 4. The summed E-state index contributed by atoms with van der Waals surface area (Å²) in [5, 5.41) is 4.35. The van der Waals surface area contributed by atoms with Crippen molar-refractivity contribution in [2.45, 2.75) is 65.7 Å². The Hall–Kier alpha value is -11.9. The lowest BCUT2D eigenvalue weighted by molar-refractivity contribution is 0.0972. The Kier molecular flexibility index (Phi) is 19.6. The molecule has 0 aliphatic carbocycles. The number of alkyl halides is 1. The molecule has 4 amide bonds. The van der Waals surface area contributed by atoms with Gasteiger partial charge in [-0.2, -0.15) is 9.49 Å². The first-order chi connectivity index (χ1) is 48.9. The summed E-state index contributed by atoms with van der Waals surface area (Å²) < 4.78 is 68.7. The van der Waals surface area contributed by atoms with Crippen molar-refractivity contribution in [3.8, 4) is 5.75 Å². The van der Waals surface area contributed by atoms with Crippen LogP contribution in [0.15, 0.2) is 219 Å². The molecule has 0 spiro atoms. The van der Waals surface area contributed by atoms with Gasteiger partial charge < -0.3 is 38.0 Å². The molecule has 101 heavy (non-hydrogen) atoms. The number of hydrogen-bond donors (Lipinski definition) is 0. The van der Waals surface area contributed by atoms with E-state index in [1.807, 2.05) is 187 Å². The third-order valence-corrected chi connectivity index (χ3v) is 19.0. The van der Waals surface area contributed by atoms with Crippen molar-refractivity contribution in [1.29, 1.82) is 0 Å². The van der Waals surface area contributed by atoms with E-state index in [-0.39, 0.29) is 46.9 Å². The van der Waals surface area contributed by atoms with Crippen molar-refractivity contribution >= 4 is 46.4 Å². The molecule has 510 valence electrons. The molecule has 0 N–H and O–H groups in total. The lowest BCUT2D eigenvalue weighted by Crippen LogP contribution is -2.31. The summed E-state index contributed by atoms with van der Waals surface area (Å²) in [5.41, 5.74) is 19.0. The van der Waals surface area contributed by atoms with Crippen LogP contribution in [0.4, 0.5) is 40.3 Å². The van der Waals surface area contributed by atoms with Crippen LogP contribution in [0.2, 0.25) is 0 Å². The van der Waals surface area contributed by atoms with Gasteiger partial charge in [0.25, 0.3) is 23.6 Å². The van der Waals surface area contributed by atoms with Crippen LogP contribution in [0.5, 0.6) is 5.75 Å². The average Bonchev–Trinajstić information content (AvgIpc) is 1.70. The summed E-state index contributed by atoms with van der Waals surface area (Å²) in [4.78, 5) is 63.2. The number of pyridine rings is 1. The standard InChI is InChI=1S/C21H20FN3O2.2C21H19FN2O.C19H16FN3O/c1-24-19-12-15-6-2-4-8-18(15)25(14-16(19)13-23-24)21(26)17-7-3-5-9-20(17)27-11-10-22;2*1-14-7-8-18(22)17(11-14)21(25)24-13-16-9-10-23(2)20(16)12-15-5-3-4-6-19(15)24;1-22-10-8-14-12-23(19(24)15-6-4-9-21-18(15)20)16-7-3-2-5-13(16)11-17(14)22/h2-9,13H,10-12,14H2,1H3;2*3-11H,12-13H2,1-2H3;2-10H,11-12H2,1H3. The summed E-state index contributed by atoms with van der Waals surface area (Å²) in [7, 11) is 7.94. The van der Waals surface area contributed by atoms with Crippen LogP contribution >= 0.6 is 0 Å². The van der Waals surface area contributed by atoms with Gasteiger partial charge in [-0.25, -0.2) is 18.2 Å². The predicted molar refractivity (Wildman–Crippen MR) is 383 cm³/mol. The minimum absolute atomic E-state index is 0.00770. The number of aromatic nitrogens is 6. The Morgan fingerprint density at radius 2 is 0.772 bits per heavy atom. The largest absolute Gasteiger partial charge is 0.490 e. The smallest absolute Gasteiger partial charge is 0.263 e. The molecular formula is C82H74F4N10O5. The highest BCUT2D eigenvalue weighted by Gasteiger charge is 2.33. The van der Waals surface area contributed by atoms with E-state index in [1.165, 1.54) is 41.5 Å². The summed E-state index contributed by atoms with van der Waals surface area (Å²) in [6, 6.07) is 56.8. The Morgan fingerprint density at radius 1 is 0.406 bits per heavy atom. The Balaban J connectivity index is 0.000000120. The van der Waals surface area contributed by atoms with Crippen molar-refractivity contribution in [3.63, 3.8) is 0 Å². The Morgan fingerprint density at radius 3 is 1.20 bits per heavy atom. The number of hydrogen-bond acceptors (Lipinski definition) is 7. The maximum Gasteiger partial charge on any atom is 0.263 e. The quantitative estimate of drug-likeness (QED) is 0.114. The molecule has 0 radical (unpaired) electrons. The zero-order valence-corrected chi connectivity index (χ0v) is 56.9. The number of fused-ring (bicyclic) bond motifs is 8. The molecular weight excluding hydrogens is 1280 g/mol. The second kappa shape index (κ2) is 29.3. The maximum absolute atomic E-state index is 14.3. The summed E-state index contributed by atoms with van der Waals surface area (Å²) in [5.74, 6) is -2.45. The van der Waals surface area contributed by atoms with E-state index in [0.29, 0.717) is 43.9 Å². The average molecular weight is 1360 g/mol. The first-order valence-electron chi connectivity index (χ1n) is 33.3. The Labute approximate surface area is 583 Å². The lowest BCUT2D eigenvalue weighted by Gasteiger charge is -2.24. The fourth-order valence-electron chi connectivity index (χ4n) is 13.7. The van der Waals surface area contributed by atoms with E-state index >= 15 is 0 Å². The van der Waals surface area contributed by atoms with Crippen LogP contribution in [0.3, 0.4) is 0 Å². The monoisotopic (exact) mass is 1350 g/mol. The van der Waals surface area contributed by atoms with Crippen molar-refractivity contribution in [1.82, 2.24) is 28.5 Å². The highest BCUT2D eigenvalue weighted by molar-refractivity contribution is 6.10. The fraction of sp³-hybridized carbons (Fsp3) is 0.195. The molecule has 4 aliphatic rings. The third-order valence-electron chi connectivity index (χ3n) is 19.0. The van der Waals surface area contributed by atoms with Crippen LogP contribution in [-0.4, -0.2) is 65.4 Å². The molecule has 0 bridgehead atoms. The maximum atomic E-state index is 14.3. The zero-order valence-electron chi connectivity index (χ0n) is 56.9. The van der Waals surface area contributed by atoms with Gasteiger partial charge in [0.05, 0.1) is 54.6 Å². The normalized spacial score (nSPS) is 13.1. The summed E-state index contributed by atoms with van der Waals surface area (Å²) in [6.07, 6.45) is 12.1. The molecule has 9 heterocycles. The van der Waals surface area contributed by atoms with E-state index in [0.717, 1.165) is 103 Å². The zero-order chi connectivity index (χ0) is 70.6. The number of halogens is 4. The summed E-state index contributed by atoms with van der Waals surface area (Å²) in [6.45, 7) is 4.78. The van der Waals surface area contributed by atoms with Crippen LogP contribution in [0, 0.1) is 31.4 Å². The number of aryl methyl sites for hydroxylation is 6.